The van der Waals surface area contributed by atoms with E-state index in [2.05, 4.69) is 0 Å². The predicted octanol–water partition coefficient (Wildman–Crippen LogP) is 2.30. The van der Waals surface area contributed by atoms with Gasteiger partial charge in [0.05, 0.1) is 23.5 Å². The number of Topliss-reactive ketones (excluding diaryl/α,β-unsaturated/α-hetero) is 1. The molecule has 1 N–H and O–H groups in total. The zero-order chi connectivity index (χ0) is 15.3. The molecule has 2 bridgehead atoms. The van der Waals surface area contributed by atoms with Crippen molar-refractivity contribution in [2.75, 3.05) is 0 Å². The van der Waals surface area contributed by atoms with Gasteiger partial charge in [0, 0.05) is 19.3 Å². The molecule has 1 aliphatic carbocycles. The van der Waals surface area contributed by atoms with Crippen molar-refractivity contribution in [3.8, 4) is 0 Å². The lowest BCUT2D eigenvalue weighted by atomic mass is 9.61. The second kappa shape index (κ2) is 4.92. The Hall–Kier alpha value is -1.20. The molecule has 0 radical (unpaired) electrons. The summed E-state index contributed by atoms with van der Waals surface area (Å²) in [5, 5.41) is 9.50. The van der Waals surface area contributed by atoms with E-state index in [1.54, 1.807) is 0 Å². The Bertz CT molecular complexity index is 499. The number of rotatable bonds is 2. The lowest BCUT2D eigenvalue weighted by Crippen LogP contribution is -2.68. The highest BCUT2D eigenvalue weighted by molar-refractivity contribution is 5.87. The summed E-state index contributed by atoms with van der Waals surface area (Å²) in [5.74, 6) is -2.39. The molecule has 0 aromatic rings. The van der Waals surface area contributed by atoms with Crippen LogP contribution in [0.25, 0.3) is 0 Å². The van der Waals surface area contributed by atoms with Gasteiger partial charge < -0.3 is 14.6 Å². The maximum atomic E-state index is 12.5. The maximum absolute atomic E-state index is 12.5. The number of aliphatic carboxylic acids is 1. The molecule has 5 heteroatoms. The SMILES string of the molecule is C/C=C/C1CC2OC3(CCCC(=O)C3(C)CC2C(=O)O)O1. The molecule has 3 aliphatic rings. The van der Waals surface area contributed by atoms with Gasteiger partial charge in [0.2, 0.25) is 0 Å². The number of hydrogen-bond acceptors (Lipinski definition) is 4. The Morgan fingerprint density at radius 3 is 2.86 bits per heavy atom. The van der Waals surface area contributed by atoms with Gasteiger partial charge in [-0.2, -0.15) is 0 Å². The molecular weight excluding hydrogens is 272 g/mol. The Morgan fingerprint density at radius 1 is 1.43 bits per heavy atom. The molecule has 116 valence electrons. The van der Waals surface area contributed by atoms with Crippen LogP contribution in [-0.4, -0.2) is 34.9 Å². The normalized spacial score (nSPS) is 46.4. The van der Waals surface area contributed by atoms with Crippen LogP contribution in [0.4, 0.5) is 0 Å². The minimum absolute atomic E-state index is 0.0691. The number of allylic oxidation sites excluding steroid dienone is 1. The fraction of sp³-hybridized carbons (Fsp3) is 0.750. The van der Waals surface area contributed by atoms with Crippen molar-refractivity contribution >= 4 is 11.8 Å². The highest BCUT2D eigenvalue weighted by atomic mass is 16.7. The van der Waals surface area contributed by atoms with Crippen molar-refractivity contribution in [2.24, 2.45) is 11.3 Å². The zero-order valence-electron chi connectivity index (χ0n) is 12.5. The highest BCUT2D eigenvalue weighted by Gasteiger charge is 2.65. The smallest absolute Gasteiger partial charge is 0.309 e. The standard InChI is InChI=1S/C16H22O5/c1-3-5-10-8-12-11(14(18)19)9-15(2)13(17)6-4-7-16(15,20-10)21-12/h3,5,10-12H,4,6-9H2,1-2H3,(H,18,19)/b5-3+. The fourth-order valence-electron chi connectivity index (χ4n) is 4.13. The van der Waals surface area contributed by atoms with Crippen LogP contribution in [0, 0.1) is 11.3 Å². The van der Waals surface area contributed by atoms with Crippen LogP contribution >= 0.6 is 0 Å². The number of fused-ring (bicyclic) bond motifs is 1. The molecule has 2 saturated heterocycles. The highest BCUT2D eigenvalue weighted by Crippen LogP contribution is 2.57. The first-order chi connectivity index (χ1) is 9.92. The van der Waals surface area contributed by atoms with E-state index in [0.29, 0.717) is 25.7 Å². The van der Waals surface area contributed by atoms with Crippen LogP contribution in [0.5, 0.6) is 0 Å². The van der Waals surface area contributed by atoms with E-state index in [0.717, 1.165) is 6.42 Å². The van der Waals surface area contributed by atoms with Gasteiger partial charge in [-0.3, -0.25) is 9.59 Å². The van der Waals surface area contributed by atoms with E-state index in [4.69, 9.17) is 9.47 Å². The van der Waals surface area contributed by atoms with E-state index in [-0.39, 0.29) is 18.0 Å². The van der Waals surface area contributed by atoms with Gasteiger partial charge in [0.15, 0.2) is 5.79 Å². The van der Waals surface area contributed by atoms with Crippen molar-refractivity contribution < 1.29 is 24.2 Å². The number of carbonyl (C=O) groups is 2. The number of ether oxygens (including phenoxy) is 2. The summed E-state index contributed by atoms with van der Waals surface area (Å²) >= 11 is 0. The van der Waals surface area contributed by atoms with Crippen LogP contribution in [0.2, 0.25) is 0 Å². The second-order valence-electron chi connectivity index (χ2n) is 6.58. The third kappa shape index (κ3) is 2.06. The van der Waals surface area contributed by atoms with E-state index in [1.165, 1.54) is 0 Å². The molecule has 2 heterocycles. The minimum Gasteiger partial charge on any atom is -0.481 e. The molecule has 0 aromatic carbocycles. The molecule has 2 aliphatic heterocycles. The van der Waals surface area contributed by atoms with Crippen molar-refractivity contribution in [1.29, 1.82) is 0 Å². The Balaban J connectivity index is 2.03. The summed E-state index contributed by atoms with van der Waals surface area (Å²) in [5.41, 5.74) is -0.856. The average molecular weight is 294 g/mol. The summed E-state index contributed by atoms with van der Waals surface area (Å²) in [7, 11) is 0. The topological polar surface area (TPSA) is 72.8 Å². The lowest BCUT2D eigenvalue weighted by molar-refractivity contribution is -0.382. The van der Waals surface area contributed by atoms with Gasteiger partial charge in [0.25, 0.3) is 0 Å². The molecule has 5 nitrogen and oxygen atoms in total. The van der Waals surface area contributed by atoms with Crippen LogP contribution in [-0.2, 0) is 19.1 Å². The van der Waals surface area contributed by atoms with Crippen LogP contribution in [0.3, 0.4) is 0 Å². The first-order valence-corrected chi connectivity index (χ1v) is 7.66. The quantitative estimate of drug-likeness (QED) is 0.791. The van der Waals surface area contributed by atoms with E-state index in [1.807, 2.05) is 26.0 Å². The third-order valence-corrected chi connectivity index (χ3v) is 5.32. The van der Waals surface area contributed by atoms with Gasteiger partial charge >= 0.3 is 5.97 Å². The molecule has 5 unspecified atom stereocenters. The zero-order valence-corrected chi connectivity index (χ0v) is 12.5. The van der Waals surface area contributed by atoms with Gasteiger partial charge in [-0.15, -0.1) is 0 Å². The van der Waals surface area contributed by atoms with Crippen LogP contribution in [0.15, 0.2) is 12.2 Å². The fourth-order valence-corrected chi connectivity index (χ4v) is 4.13. The largest absolute Gasteiger partial charge is 0.481 e. The van der Waals surface area contributed by atoms with Crippen molar-refractivity contribution in [3.05, 3.63) is 12.2 Å². The number of carboxylic acids is 1. The van der Waals surface area contributed by atoms with Crippen LogP contribution in [0.1, 0.15) is 46.0 Å². The molecule has 5 atom stereocenters. The molecule has 21 heavy (non-hydrogen) atoms. The predicted molar refractivity (Wildman–Crippen MR) is 74.6 cm³/mol. The van der Waals surface area contributed by atoms with Crippen molar-refractivity contribution in [3.63, 3.8) is 0 Å². The van der Waals surface area contributed by atoms with Crippen molar-refractivity contribution in [2.45, 2.75) is 63.9 Å². The number of carboxylic acid groups (broad SMARTS) is 1. The molecule has 0 amide bonds. The number of hydrogen-bond donors (Lipinski definition) is 1. The Kier molecular flexibility index (Phi) is 3.45. The molecule has 0 aromatic heterocycles. The second-order valence-corrected chi connectivity index (χ2v) is 6.58. The van der Waals surface area contributed by atoms with E-state index < -0.39 is 23.1 Å². The van der Waals surface area contributed by atoms with Crippen LogP contribution < -0.4 is 0 Å². The number of ketones is 1. The summed E-state index contributed by atoms with van der Waals surface area (Å²) in [6, 6.07) is 0. The summed E-state index contributed by atoms with van der Waals surface area (Å²) in [6.45, 7) is 3.73. The van der Waals surface area contributed by atoms with E-state index in [9.17, 15) is 14.7 Å². The lowest BCUT2D eigenvalue weighted by Gasteiger charge is -2.59. The van der Waals surface area contributed by atoms with Gasteiger partial charge in [-0.05, 0) is 26.7 Å². The molecule has 3 fully saturated rings. The number of carbonyl (C=O) groups excluding carboxylic acids is 1. The first-order valence-electron chi connectivity index (χ1n) is 7.66. The summed E-state index contributed by atoms with van der Waals surface area (Å²) < 4.78 is 12.2. The molecule has 1 spiro atoms. The summed E-state index contributed by atoms with van der Waals surface area (Å²) in [4.78, 5) is 24.1. The molecular formula is C16H22O5. The molecule has 3 rings (SSSR count). The monoisotopic (exact) mass is 294 g/mol. The van der Waals surface area contributed by atoms with Crippen molar-refractivity contribution in [1.82, 2.24) is 0 Å². The molecule has 1 saturated carbocycles. The first kappa shape index (κ1) is 14.7. The minimum atomic E-state index is -0.943. The van der Waals surface area contributed by atoms with Gasteiger partial charge in [-0.25, -0.2) is 0 Å². The Labute approximate surface area is 124 Å². The summed E-state index contributed by atoms with van der Waals surface area (Å²) in [6.07, 6.45) is 6.00. The van der Waals surface area contributed by atoms with Gasteiger partial charge in [-0.1, -0.05) is 12.2 Å². The Morgan fingerprint density at radius 2 is 2.19 bits per heavy atom. The third-order valence-electron chi connectivity index (χ3n) is 5.32. The van der Waals surface area contributed by atoms with Gasteiger partial charge in [0.1, 0.15) is 5.78 Å². The van der Waals surface area contributed by atoms with E-state index >= 15 is 0 Å². The average Bonchev–Trinajstić information content (AvgIpc) is 2.41. The maximum Gasteiger partial charge on any atom is 0.309 e.